The van der Waals surface area contributed by atoms with Gasteiger partial charge in [0.2, 0.25) is 0 Å². The van der Waals surface area contributed by atoms with Gasteiger partial charge in [0, 0.05) is 6.42 Å². The summed E-state index contributed by atoms with van der Waals surface area (Å²) >= 11 is 0. The molecule has 0 aliphatic heterocycles. The predicted molar refractivity (Wildman–Crippen MR) is 26.4 cm³/mol. The first kappa shape index (κ1) is 6.89. The van der Waals surface area contributed by atoms with Crippen LogP contribution in [0.1, 0.15) is 6.42 Å². The van der Waals surface area contributed by atoms with Gasteiger partial charge < -0.3 is 9.84 Å². The maximum absolute atomic E-state index is 11.9. The van der Waals surface area contributed by atoms with Crippen LogP contribution in [0.4, 0.5) is 8.78 Å². The Hall–Kier alpha value is -0.220. The molecule has 0 aromatic rings. The topological polar surface area (TPSA) is 29.5 Å². The van der Waals surface area contributed by atoms with Crippen molar-refractivity contribution in [3.63, 3.8) is 0 Å². The number of halogens is 2. The van der Waals surface area contributed by atoms with Crippen molar-refractivity contribution < 1.29 is 18.6 Å². The van der Waals surface area contributed by atoms with Crippen molar-refractivity contribution in [1.29, 1.82) is 0 Å². The van der Waals surface area contributed by atoms with Crippen LogP contribution >= 0.6 is 0 Å². The first-order valence-corrected chi connectivity index (χ1v) is 2.77. The molecule has 4 heteroatoms. The molecule has 1 N–H and O–H groups in total. The molecule has 0 radical (unpaired) electrons. The molecule has 0 amide bonds. The van der Waals surface area contributed by atoms with Gasteiger partial charge in [-0.05, 0) is 0 Å². The Kier molecular flexibility index (Phi) is 1.68. The highest BCUT2D eigenvalue weighted by Crippen LogP contribution is 2.44. The Morgan fingerprint density at radius 1 is 1.67 bits per heavy atom. The lowest BCUT2D eigenvalue weighted by atomic mass is 10.7. The van der Waals surface area contributed by atoms with Gasteiger partial charge in [-0.25, -0.2) is 8.78 Å². The first-order chi connectivity index (χ1) is 4.17. The Morgan fingerprint density at radius 3 is 2.56 bits per heavy atom. The van der Waals surface area contributed by atoms with Crippen molar-refractivity contribution in [3.8, 4) is 0 Å². The zero-order valence-electron chi connectivity index (χ0n) is 4.81. The summed E-state index contributed by atoms with van der Waals surface area (Å²) in [4.78, 5) is 0. The summed E-state index contributed by atoms with van der Waals surface area (Å²) in [5.41, 5.74) is 0. The van der Waals surface area contributed by atoms with E-state index in [0.29, 0.717) is 0 Å². The Bertz CT molecular complexity index is 105. The highest BCUT2D eigenvalue weighted by atomic mass is 19.3. The minimum Gasteiger partial charge on any atom is -0.394 e. The lowest BCUT2D eigenvalue weighted by Crippen LogP contribution is -2.07. The molecule has 1 aliphatic carbocycles. The Labute approximate surface area is 51.4 Å². The molecule has 54 valence electrons. The van der Waals surface area contributed by atoms with E-state index in [1.54, 1.807) is 0 Å². The summed E-state index contributed by atoms with van der Waals surface area (Å²) in [6.07, 6.45) is -1.11. The second-order valence-corrected chi connectivity index (χ2v) is 2.05. The summed E-state index contributed by atoms with van der Waals surface area (Å²) in [6.45, 7) is -0.174. The van der Waals surface area contributed by atoms with Crippen LogP contribution in [0.3, 0.4) is 0 Å². The van der Waals surface area contributed by atoms with Crippen LogP contribution in [-0.2, 0) is 4.74 Å². The minimum atomic E-state index is -2.62. The van der Waals surface area contributed by atoms with Crippen molar-refractivity contribution in [1.82, 2.24) is 0 Å². The lowest BCUT2D eigenvalue weighted by molar-refractivity contribution is 0.00160. The molecule has 1 saturated carbocycles. The van der Waals surface area contributed by atoms with E-state index >= 15 is 0 Å². The van der Waals surface area contributed by atoms with Gasteiger partial charge in [-0.2, -0.15) is 0 Å². The van der Waals surface area contributed by atoms with Crippen molar-refractivity contribution in [2.45, 2.75) is 18.4 Å². The smallest absolute Gasteiger partial charge is 0.276 e. The number of hydrogen-bond acceptors (Lipinski definition) is 2. The van der Waals surface area contributed by atoms with Crippen LogP contribution in [0.15, 0.2) is 0 Å². The molecule has 0 saturated heterocycles. The van der Waals surface area contributed by atoms with E-state index in [1.165, 1.54) is 0 Å². The fraction of sp³-hybridized carbons (Fsp3) is 1.00. The molecule has 0 heterocycles. The van der Waals surface area contributed by atoms with Crippen LogP contribution in [0.5, 0.6) is 0 Å². The molecule has 1 aliphatic rings. The molecule has 9 heavy (non-hydrogen) atoms. The van der Waals surface area contributed by atoms with Gasteiger partial charge in [-0.1, -0.05) is 0 Å². The van der Waals surface area contributed by atoms with Crippen molar-refractivity contribution in [2.24, 2.45) is 0 Å². The van der Waals surface area contributed by atoms with Crippen LogP contribution in [0.25, 0.3) is 0 Å². The van der Waals surface area contributed by atoms with E-state index in [9.17, 15) is 8.78 Å². The second-order valence-electron chi connectivity index (χ2n) is 2.05. The monoisotopic (exact) mass is 138 g/mol. The fourth-order valence-electron chi connectivity index (χ4n) is 0.564. The molecule has 1 rings (SSSR count). The summed E-state index contributed by atoms with van der Waals surface area (Å²) in [6, 6.07) is 0. The normalized spacial score (nSPS) is 30.3. The van der Waals surface area contributed by atoms with Crippen LogP contribution in [0, 0.1) is 0 Å². The van der Waals surface area contributed by atoms with E-state index in [-0.39, 0.29) is 19.6 Å². The van der Waals surface area contributed by atoms with E-state index in [1.807, 2.05) is 0 Å². The van der Waals surface area contributed by atoms with Gasteiger partial charge in [0.15, 0.2) is 0 Å². The second kappa shape index (κ2) is 2.19. The Balaban J connectivity index is 2.06. The highest BCUT2D eigenvalue weighted by molar-refractivity contribution is 4.96. The van der Waals surface area contributed by atoms with Gasteiger partial charge in [-0.3, -0.25) is 0 Å². The minimum absolute atomic E-state index is 0.0141. The maximum Gasteiger partial charge on any atom is 0.276 e. The standard InChI is InChI=1S/C5H8F2O2/c6-5(7)3-4(5)9-2-1-8/h4,8H,1-3H2. The summed E-state index contributed by atoms with van der Waals surface area (Å²) in [5.74, 6) is -2.62. The third-order valence-corrected chi connectivity index (χ3v) is 1.18. The quantitative estimate of drug-likeness (QED) is 0.611. The fourth-order valence-corrected chi connectivity index (χ4v) is 0.564. The zero-order valence-corrected chi connectivity index (χ0v) is 4.81. The predicted octanol–water partition coefficient (Wildman–Crippen LogP) is 0.403. The third kappa shape index (κ3) is 1.59. The van der Waals surface area contributed by atoms with E-state index in [2.05, 4.69) is 4.74 Å². The van der Waals surface area contributed by atoms with E-state index in [0.717, 1.165) is 0 Å². The molecule has 0 aromatic heterocycles. The average Bonchev–Trinajstić information content (AvgIpc) is 2.35. The van der Waals surface area contributed by atoms with Crippen molar-refractivity contribution in [2.75, 3.05) is 13.2 Å². The number of alkyl halides is 2. The van der Waals surface area contributed by atoms with Crippen molar-refractivity contribution in [3.05, 3.63) is 0 Å². The number of ether oxygens (including phenoxy) is 1. The van der Waals surface area contributed by atoms with Gasteiger partial charge >= 0.3 is 0 Å². The molecule has 1 unspecified atom stereocenters. The third-order valence-electron chi connectivity index (χ3n) is 1.18. The summed E-state index contributed by atoms with van der Waals surface area (Å²) in [7, 11) is 0. The van der Waals surface area contributed by atoms with E-state index < -0.39 is 12.0 Å². The van der Waals surface area contributed by atoms with Gasteiger partial charge in [-0.15, -0.1) is 0 Å². The molecule has 0 spiro atoms. The molecular formula is C5H8F2O2. The molecular weight excluding hydrogens is 130 g/mol. The van der Waals surface area contributed by atoms with Crippen LogP contribution < -0.4 is 0 Å². The molecule has 1 atom stereocenters. The van der Waals surface area contributed by atoms with E-state index in [4.69, 9.17) is 5.11 Å². The highest BCUT2D eigenvalue weighted by Gasteiger charge is 2.58. The van der Waals surface area contributed by atoms with Gasteiger partial charge in [0.05, 0.1) is 13.2 Å². The van der Waals surface area contributed by atoms with Crippen LogP contribution in [-0.4, -0.2) is 30.3 Å². The largest absolute Gasteiger partial charge is 0.394 e. The molecule has 2 nitrogen and oxygen atoms in total. The van der Waals surface area contributed by atoms with Gasteiger partial charge in [0.1, 0.15) is 6.10 Å². The molecule has 0 bridgehead atoms. The maximum atomic E-state index is 11.9. The SMILES string of the molecule is OCCOC1CC1(F)F. The number of aliphatic hydroxyl groups excluding tert-OH is 1. The van der Waals surface area contributed by atoms with Gasteiger partial charge in [0.25, 0.3) is 5.92 Å². The van der Waals surface area contributed by atoms with Crippen LogP contribution in [0.2, 0.25) is 0 Å². The summed E-state index contributed by atoms with van der Waals surface area (Å²) in [5, 5.41) is 8.14. The van der Waals surface area contributed by atoms with Crippen molar-refractivity contribution >= 4 is 0 Å². The molecule has 1 fully saturated rings. The number of aliphatic hydroxyl groups is 1. The molecule has 0 aromatic carbocycles. The summed E-state index contributed by atoms with van der Waals surface area (Å²) < 4.78 is 28.3. The average molecular weight is 138 g/mol. The number of hydrogen-bond donors (Lipinski definition) is 1. The Morgan fingerprint density at radius 2 is 2.22 bits per heavy atom. The number of rotatable bonds is 3. The first-order valence-electron chi connectivity index (χ1n) is 2.77. The zero-order chi connectivity index (χ0) is 6.91. The lowest BCUT2D eigenvalue weighted by Gasteiger charge is -1.97.